The van der Waals surface area contributed by atoms with Gasteiger partial charge in [-0.3, -0.25) is 4.98 Å². The molecule has 3 rings (SSSR count). The molecule has 1 aromatic heterocycles. The highest BCUT2D eigenvalue weighted by Gasteiger charge is 2.20. The Balaban J connectivity index is 2.01. The molecule has 0 aliphatic heterocycles. The molecule has 0 spiro atoms. The van der Waals surface area contributed by atoms with Crippen LogP contribution < -0.4 is 9.47 Å². The predicted molar refractivity (Wildman–Crippen MR) is 115 cm³/mol. The summed E-state index contributed by atoms with van der Waals surface area (Å²) in [6, 6.07) is 8.70. The molecule has 0 atom stereocenters. The van der Waals surface area contributed by atoms with Crippen LogP contribution in [-0.4, -0.2) is 12.1 Å². The van der Waals surface area contributed by atoms with E-state index in [1.165, 1.54) is 18.2 Å². The topological polar surface area (TPSA) is 31.4 Å². The Morgan fingerprint density at radius 3 is 2.19 bits per heavy atom. The molecule has 31 heavy (non-hydrogen) atoms. The van der Waals surface area contributed by atoms with Gasteiger partial charge in [-0.15, -0.1) is 0 Å². The SMILES string of the molecule is CCc1cccc(CC)c1-c1cc(OC)c(COc2cc(F)c(Cl)c(F)c2F)c(C)n1. The molecule has 0 amide bonds. The zero-order valence-corrected chi connectivity index (χ0v) is 18.5. The lowest BCUT2D eigenvalue weighted by molar-refractivity contribution is 0.274. The number of hydrogen-bond acceptors (Lipinski definition) is 3. The van der Waals surface area contributed by atoms with Crippen molar-refractivity contribution < 1.29 is 22.6 Å². The first-order chi connectivity index (χ1) is 14.8. The zero-order valence-electron chi connectivity index (χ0n) is 17.8. The second-order valence-electron chi connectivity index (χ2n) is 7.02. The maximum Gasteiger partial charge on any atom is 0.202 e. The highest BCUT2D eigenvalue weighted by atomic mass is 35.5. The van der Waals surface area contributed by atoms with Crippen LogP contribution in [0.5, 0.6) is 11.5 Å². The van der Waals surface area contributed by atoms with E-state index < -0.39 is 28.2 Å². The fourth-order valence-electron chi connectivity index (χ4n) is 3.53. The lowest BCUT2D eigenvalue weighted by atomic mass is 9.94. The van der Waals surface area contributed by atoms with Gasteiger partial charge < -0.3 is 9.47 Å². The minimum atomic E-state index is -1.49. The summed E-state index contributed by atoms with van der Waals surface area (Å²) in [5.74, 6) is -4.02. The summed E-state index contributed by atoms with van der Waals surface area (Å²) >= 11 is 5.39. The summed E-state index contributed by atoms with van der Waals surface area (Å²) in [4.78, 5) is 4.73. The fraction of sp³-hybridized carbons (Fsp3) is 0.292. The van der Waals surface area contributed by atoms with Gasteiger partial charge in [-0.05, 0) is 30.9 Å². The van der Waals surface area contributed by atoms with E-state index >= 15 is 0 Å². The molecule has 0 aliphatic rings. The van der Waals surface area contributed by atoms with E-state index in [0.717, 1.165) is 30.2 Å². The number of rotatable bonds is 7. The molecule has 0 fully saturated rings. The maximum absolute atomic E-state index is 14.1. The number of pyridine rings is 1. The molecule has 0 saturated heterocycles. The standard InChI is InChI=1S/C24H23ClF3NO2/c1-5-14-8-7-9-15(6-2)21(14)18-11-19(30-4)16(13(3)29-18)12-31-20-10-17(26)22(25)24(28)23(20)27/h7-11H,5-6,12H2,1-4H3. The Kier molecular flexibility index (Phi) is 7.11. The fourth-order valence-corrected chi connectivity index (χ4v) is 3.67. The Hall–Kier alpha value is -2.73. The molecule has 1 heterocycles. The first-order valence-corrected chi connectivity index (χ1v) is 10.3. The number of hydrogen-bond donors (Lipinski definition) is 0. The van der Waals surface area contributed by atoms with E-state index in [2.05, 4.69) is 26.0 Å². The van der Waals surface area contributed by atoms with Crippen LogP contribution in [0.1, 0.15) is 36.2 Å². The van der Waals surface area contributed by atoms with E-state index in [1.54, 1.807) is 13.0 Å². The van der Waals surface area contributed by atoms with Gasteiger partial charge in [0.1, 0.15) is 23.2 Å². The minimum absolute atomic E-state index is 0.185. The van der Waals surface area contributed by atoms with Gasteiger partial charge in [-0.2, -0.15) is 4.39 Å². The first kappa shape index (κ1) is 22.9. The second-order valence-corrected chi connectivity index (χ2v) is 7.40. The van der Waals surface area contributed by atoms with Gasteiger partial charge in [0, 0.05) is 23.4 Å². The van der Waals surface area contributed by atoms with Crippen molar-refractivity contribution in [1.29, 1.82) is 0 Å². The van der Waals surface area contributed by atoms with Gasteiger partial charge in [0.05, 0.1) is 18.4 Å². The van der Waals surface area contributed by atoms with Gasteiger partial charge in [-0.25, -0.2) is 8.78 Å². The van der Waals surface area contributed by atoms with Crippen molar-refractivity contribution in [2.24, 2.45) is 0 Å². The Labute approximate surface area is 184 Å². The van der Waals surface area contributed by atoms with E-state index in [9.17, 15) is 13.2 Å². The van der Waals surface area contributed by atoms with Crippen LogP contribution in [0.15, 0.2) is 30.3 Å². The van der Waals surface area contributed by atoms with Crippen molar-refractivity contribution in [2.75, 3.05) is 7.11 Å². The van der Waals surface area contributed by atoms with Crippen LogP contribution in [0.4, 0.5) is 13.2 Å². The van der Waals surface area contributed by atoms with Crippen LogP contribution in [0, 0.1) is 24.4 Å². The van der Waals surface area contributed by atoms with Crippen LogP contribution in [0.2, 0.25) is 5.02 Å². The number of ether oxygens (including phenoxy) is 2. The highest BCUT2D eigenvalue weighted by Crippen LogP contribution is 2.34. The maximum atomic E-state index is 14.1. The van der Waals surface area contributed by atoms with Gasteiger partial charge in [0.2, 0.25) is 5.82 Å². The van der Waals surface area contributed by atoms with Gasteiger partial charge in [0.15, 0.2) is 11.6 Å². The molecule has 0 saturated carbocycles. The molecule has 0 N–H and O–H groups in total. The van der Waals surface area contributed by atoms with Gasteiger partial charge >= 0.3 is 0 Å². The number of benzene rings is 2. The molecule has 7 heteroatoms. The average Bonchev–Trinajstić information content (AvgIpc) is 2.78. The monoisotopic (exact) mass is 449 g/mol. The Bertz CT molecular complexity index is 1100. The third-order valence-electron chi connectivity index (χ3n) is 5.21. The van der Waals surface area contributed by atoms with Crippen molar-refractivity contribution in [3.05, 3.63) is 75.2 Å². The number of methoxy groups -OCH3 is 1. The predicted octanol–water partition coefficient (Wildman–Crippen LogP) is 6.84. The smallest absolute Gasteiger partial charge is 0.202 e. The quantitative estimate of drug-likeness (QED) is 0.292. The van der Waals surface area contributed by atoms with Crippen molar-refractivity contribution in [1.82, 2.24) is 4.98 Å². The van der Waals surface area contributed by atoms with E-state index in [1.807, 2.05) is 6.07 Å². The number of aryl methyl sites for hydroxylation is 3. The van der Waals surface area contributed by atoms with Crippen LogP contribution >= 0.6 is 11.6 Å². The summed E-state index contributed by atoms with van der Waals surface area (Å²) < 4.78 is 52.4. The minimum Gasteiger partial charge on any atom is -0.496 e. The lowest BCUT2D eigenvalue weighted by Gasteiger charge is -2.18. The van der Waals surface area contributed by atoms with Gasteiger partial charge in [0.25, 0.3) is 0 Å². The molecule has 3 aromatic rings. The third kappa shape index (κ3) is 4.49. The zero-order chi connectivity index (χ0) is 22.7. The van der Waals surface area contributed by atoms with Crippen LogP contribution in [0.25, 0.3) is 11.3 Å². The van der Waals surface area contributed by atoms with Crippen molar-refractivity contribution >= 4 is 11.6 Å². The molecule has 0 radical (unpaired) electrons. The highest BCUT2D eigenvalue weighted by molar-refractivity contribution is 6.30. The van der Waals surface area contributed by atoms with E-state index in [4.69, 9.17) is 26.1 Å². The van der Waals surface area contributed by atoms with Crippen LogP contribution in [-0.2, 0) is 19.4 Å². The van der Waals surface area contributed by atoms with Crippen LogP contribution in [0.3, 0.4) is 0 Å². The molecule has 164 valence electrons. The molecular weight excluding hydrogens is 427 g/mol. The Morgan fingerprint density at radius 2 is 1.61 bits per heavy atom. The molecule has 0 aliphatic carbocycles. The second kappa shape index (κ2) is 9.60. The normalized spacial score (nSPS) is 11.0. The lowest BCUT2D eigenvalue weighted by Crippen LogP contribution is -2.07. The number of nitrogens with zero attached hydrogens (tertiary/aromatic N) is 1. The van der Waals surface area contributed by atoms with Crippen molar-refractivity contribution in [2.45, 2.75) is 40.2 Å². The third-order valence-corrected chi connectivity index (χ3v) is 5.55. The molecule has 2 aromatic carbocycles. The summed E-state index contributed by atoms with van der Waals surface area (Å²) in [7, 11) is 1.51. The summed E-state index contributed by atoms with van der Waals surface area (Å²) in [6.07, 6.45) is 1.70. The molecule has 3 nitrogen and oxygen atoms in total. The molecule has 0 bridgehead atoms. The number of halogens is 4. The summed E-state index contributed by atoms with van der Waals surface area (Å²) in [5, 5.41) is -0.911. The number of aromatic nitrogens is 1. The van der Waals surface area contributed by atoms with Crippen molar-refractivity contribution in [3.63, 3.8) is 0 Å². The Morgan fingerprint density at radius 1 is 0.968 bits per heavy atom. The van der Waals surface area contributed by atoms with Crippen molar-refractivity contribution in [3.8, 4) is 22.8 Å². The van der Waals surface area contributed by atoms with Gasteiger partial charge in [-0.1, -0.05) is 43.6 Å². The van der Waals surface area contributed by atoms with E-state index in [-0.39, 0.29) is 6.61 Å². The largest absolute Gasteiger partial charge is 0.496 e. The summed E-state index contributed by atoms with van der Waals surface area (Å²) in [6.45, 7) is 5.77. The molecular formula is C24H23ClF3NO2. The van der Waals surface area contributed by atoms with E-state index in [0.29, 0.717) is 17.0 Å². The molecule has 0 unspecified atom stereocenters. The average molecular weight is 450 g/mol. The first-order valence-electron chi connectivity index (χ1n) is 9.93. The summed E-state index contributed by atoms with van der Waals surface area (Å²) in [5.41, 5.74) is 5.33.